The fourth-order valence-corrected chi connectivity index (χ4v) is 4.64. The molecule has 4 rings (SSSR count). The molecule has 1 heterocycles. The maximum absolute atomic E-state index is 11.4. The highest BCUT2D eigenvalue weighted by molar-refractivity contribution is 5.63. The first kappa shape index (κ1) is 22.2. The molecule has 1 saturated heterocycles. The lowest BCUT2D eigenvalue weighted by Crippen LogP contribution is -2.33. The van der Waals surface area contributed by atoms with Gasteiger partial charge in [0.25, 0.3) is 12.9 Å². The maximum Gasteiger partial charge on any atom is 0.293 e. The Kier molecular flexibility index (Phi) is 7.35. The van der Waals surface area contributed by atoms with Crippen LogP contribution in [0.5, 0.6) is 0 Å². The number of hydrogen-bond donors (Lipinski definition) is 0. The van der Waals surface area contributed by atoms with Gasteiger partial charge in [0, 0.05) is 13.0 Å². The van der Waals surface area contributed by atoms with Crippen LogP contribution in [0.1, 0.15) is 37.4 Å². The molecule has 168 valence electrons. The van der Waals surface area contributed by atoms with Gasteiger partial charge in [-0.2, -0.15) is 0 Å². The third-order valence-electron chi connectivity index (χ3n) is 6.25. The molecule has 5 atom stereocenters. The summed E-state index contributed by atoms with van der Waals surface area (Å²) in [5.74, 6) is -0.363. The molecule has 2 unspecified atom stereocenters. The van der Waals surface area contributed by atoms with Crippen molar-refractivity contribution in [3.8, 4) is 11.1 Å². The largest absolute Gasteiger partial charge is 0.460 e. The average molecular weight is 437 g/mol. The number of rotatable bonds is 9. The van der Waals surface area contributed by atoms with Gasteiger partial charge in [0.05, 0.1) is 12.0 Å². The summed E-state index contributed by atoms with van der Waals surface area (Å²) in [6.45, 7) is 5.71. The third kappa shape index (κ3) is 4.92. The van der Waals surface area contributed by atoms with Crippen molar-refractivity contribution in [2.45, 2.75) is 50.3 Å². The van der Waals surface area contributed by atoms with Crippen LogP contribution in [0.15, 0.2) is 66.7 Å². The summed E-state index contributed by atoms with van der Waals surface area (Å²) in [5, 5.41) is 0. The lowest BCUT2D eigenvalue weighted by molar-refractivity contribution is -0.201. The molecule has 0 spiro atoms. The van der Waals surface area contributed by atoms with E-state index in [1.807, 2.05) is 54.6 Å². The Hall–Kier alpha value is -2.96. The molecule has 6 nitrogen and oxygen atoms in total. The summed E-state index contributed by atoms with van der Waals surface area (Å²) in [7, 11) is 0. The second-order valence-corrected chi connectivity index (χ2v) is 8.17. The predicted octanol–water partition coefficient (Wildman–Crippen LogP) is 4.60. The molecule has 0 amide bonds. The van der Waals surface area contributed by atoms with Crippen molar-refractivity contribution < 1.29 is 28.5 Å². The standard InChI is InChI=1S/C26H28O6/c1-18-22(30-16-27)15-23(32-24-9-5-6-14-29-24)25(18)26(31-17-28)21-12-10-20(11-13-21)19-7-3-2-4-8-19/h2-4,7-8,10-13,16-17,22-26H,1,5-6,9,14-15H2/t22-,23+,24?,25-,26?/m1/s1. The molecule has 1 saturated carbocycles. The van der Waals surface area contributed by atoms with Gasteiger partial charge in [0.1, 0.15) is 12.2 Å². The Morgan fingerprint density at radius 3 is 2.38 bits per heavy atom. The van der Waals surface area contributed by atoms with Crippen LogP contribution in [-0.4, -0.2) is 38.0 Å². The first-order valence-electron chi connectivity index (χ1n) is 11.0. The molecule has 0 bridgehead atoms. The van der Waals surface area contributed by atoms with Gasteiger partial charge in [-0.15, -0.1) is 0 Å². The van der Waals surface area contributed by atoms with Crippen LogP contribution in [0.2, 0.25) is 0 Å². The lowest BCUT2D eigenvalue weighted by Gasteiger charge is -2.32. The van der Waals surface area contributed by atoms with E-state index in [1.165, 1.54) is 0 Å². The quantitative estimate of drug-likeness (QED) is 0.423. The smallest absolute Gasteiger partial charge is 0.293 e. The first-order valence-corrected chi connectivity index (χ1v) is 11.0. The van der Waals surface area contributed by atoms with Crippen LogP contribution in [0.4, 0.5) is 0 Å². The highest BCUT2D eigenvalue weighted by Crippen LogP contribution is 2.45. The molecule has 2 aromatic carbocycles. The summed E-state index contributed by atoms with van der Waals surface area (Å²) in [6, 6.07) is 18.0. The second-order valence-electron chi connectivity index (χ2n) is 8.17. The topological polar surface area (TPSA) is 71.1 Å². The minimum atomic E-state index is -0.612. The molecule has 0 radical (unpaired) electrons. The fraction of sp³-hybridized carbons (Fsp3) is 0.385. The van der Waals surface area contributed by atoms with Crippen molar-refractivity contribution in [2.75, 3.05) is 6.61 Å². The number of ether oxygens (including phenoxy) is 4. The number of benzene rings is 2. The van der Waals surface area contributed by atoms with Crippen LogP contribution < -0.4 is 0 Å². The van der Waals surface area contributed by atoms with Gasteiger partial charge in [-0.25, -0.2) is 0 Å². The van der Waals surface area contributed by atoms with Gasteiger partial charge in [0.2, 0.25) is 0 Å². The zero-order valence-corrected chi connectivity index (χ0v) is 17.9. The zero-order valence-electron chi connectivity index (χ0n) is 17.9. The average Bonchev–Trinajstić information content (AvgIpc) is 3.13. The SMILES string of the molecule is C=C1[C@H](OC=O)C[C@H](OC2CCCCO2)[C@@H]1C(OC=O)c1ccc(-c2ccccc2)cc1. The molecule has 0 N–H and O–H groups in total. The Balaban J connectivity index is 1.60. The fourth-order valence-electron chi connectivity index (χ4n) is 4.64. The summed E-state index contributed by atoms with van der Waals surface area (Å²) < 4.78 is 22.9. The van der Waals surface area contributed by atoms with E-state index in [-0.39, 0.29) is 18.3 Å². The molecule has 32 heavy (non-hydrogen) atoms. The molecule has 1 aliphatic heterocycles. The number of carbonyl (C=O) groups excluding carboxylic acids is 2. The van der Waals surface area contributed by atoms with Crippen LogP contribution in [-0.2, 0) is 28.5 Å². The van der Waals surface area contributed by atoms with E-state index in [2.05, 4.69) is 6.58 Å². The van der Waals surface area contributed by atoms with Crippen LogP contribution in [0.25, 0.3) is 11.1 Å². The Morgan fingerprint density at radius 1 is 0.969 bits per heavy atom. The second kappa shape index (κ2) is 10.6. The highest BCUT2D eigenvalue weighted by atomic mass is 16.7. The zero-order chi connectivity index (χ0) is 22.3. The van der Waals surface area contributed by atoms with Gasteiger partial charge >= 0.3 is 0 Å². The third-order valence-corrected chi connectivity index (χ3v) is 6.25. The first-order chi connectivity index (χ1) is 15.7. The molecule has 0 aromatic heterocycles. The monoisotopic (exact) mass is 436 g/mol. The van der Waals surface area contributed by atoms with Crippen molar-refractivity contribution in [3.63, 3.8) is 0 Å². The van der Waals surface area contributed by atoms with Gasteiger partial charge in [-0.1, -0.05) is 61.2 Å². The summed E-state index contributed by atoms with van der Waals surface area (Å²) >= 11 is 0. The van der Waals surface area contributed by atoms with Gasteiger partial charge in [0.15, 0.2) is 6.29 Å². The summed E-state index contributed by atoms with van der Waals surface area (Å²) in [6.07, 6.45) is 1.52. The molecular weight excluding hydrogens is 408 g/mol. The lowest BCUT2D eigenvalue weighted by atomic mass is 9.89. The molecule has 1 aliphatic carbocycles. The van der Waals surface area contributed by atoms with Gasteiger partial charge in [-0.05, 0) is 41.5 Å². The predicted molar refractivity (Wildman–Crippen MR) is 118 cm³/mol. The summed E-state index contributed by atoms with van der Waals surface area (Å²) in [5.41, 5.74) is 3.67. The van der Waals surface area contributed by atoms with E-state index in [1.54, 1.807) is 0 Å². The van der Waals surface area contributed by atoms with E-state index < -0.39 is 12.2 Å². The van der Waals surface area contributed by atoms with Crippen molar-refractivity contribution in [2.24, 2.45) is 5.92 Å². The van der Waals surface area contributed by atoms with Crippen molar-refractivity contribution in [3.05, 3.63) is 72.3 Å². The van der Waals surface area contributed by atoms with Crippen molar-refractivity contribution >= 4 is 12.9 Å². The van der Waals surface area contributed by atoms with E-state index in [4.69, 9.17) is 18.9 Å². The molecule has 2 aliphatic rings. The van der Waals surface area contributed by atoms with Crippen LogP contribution in [0.3, 0.4) is 0 Å². The molecule has 2 fully saturated rings. The van der Waals surface area contributed by atoms with E-state index in [0.29, 0.717) is 31.5 Å². The minimum absolute atomic E-state index is 0.323. The van der Waals surface area contributed by atoms with E-state index in [0.717, 1.165) is 36.0 Å². The van der Waals surface area contributed by atoms with Crippen LogP contribution in [0, 0.1) is 5.92 Å². The van der Waals surface area contributed by atoms with Gasteiger partial charge in [-0.3, -0.25) is 9.59 Å². The minimum Gasteiger partial charge on any atom is -0.460 e. The van der Waals surface area contributed by atoms with Gasteiger partial charge < -0.3 is 18.9 Å². The Bertz CT molecular complexity index is 904. The maximum atomic E-state index is 11.4. The number of hydrogen-bond acceptors (Lipinski definition) is 6. The van der Waals surface area contributed by atoms with Crippen molar-refractivity contribution in [1.29, 1.82) is 0 Å². The normalized spacial score (nSPS) is 26.3. The number of carbonyl (C=O) groups is 2. The highest BCUT2D eigenvalue weighted by Gasteiger charge is 2.46. The Labute approximate surface area is 188 Å². The molecule has 6 heteroatoms. The summed E-state index contributed by atoms with van der Waals surface area (Å²) in [4.78, 5) is 22.5. The molecular formula is C26H28O6. The Morgan fingerprint density at radius 2 is 1.72 bits per heavy atom. The molecule has 2 aromatic rings. The van der Waals surface area contributed by atoms with E-state index >= 15 is 0 Å². The van der Waals surface area contributed by atoms with Crippen LogP contribution >= 0.6 is 0 Å². The van der Waals surface area contributed by atoms with Crippen molar-refractivity contribution in [1.82, 2.24) is 0 Å². The van der Waals surface area contributed by atoms with E-state index in [9.17, 15) is 9.59 Å².